The molecular weight excluding hydrogens is 214 g/mol. The SMILES string of the molecule is CCS(=O)(=O)Nc1cc(Cl)cnn1. The highest BCUT2D eigenvalue weighted by atomic mass is 35.5. The first kappa shape index (κ1) is 10.2. The second-order valence-electron chi connectivity index (χ2n) is 2.26. The van der Waals surface area contributed by atoms with Crippen molar-refractivity contribution in [2.75, 3.05) is 10.5 Å². The summed E-state index contributed by atoms with van der Waals surface area (Å²) in [6.45, 7) is 1.53. The molecule has 0 fully saturated rings. The van der Waals surface area contributed by atoms with E-state index < -0.39 is 10.0 Å². The number of halogens is 1. The van der Waals surface area contributed by atoms with E-state index in [9.17, 15) is 8.42 Å². The lowest BCUT2D eigenvalue weighted by Crippen LogP contribution is -2.15. The molecule has 0 amide bonds. The van der Waals surface area contributed by atoms with E-state index in [1.165, 1.54) is 19.2 Å². The van der Waals surface area contributed by atoms with Gasteiger partial charge in [0.25, 0.3) is 0 Å². The van der Waals surface area contributed by atoms with Crippen molar-refractivity contribution in [2.45, 2.75) is 6.92 Å². The smallest absolute Gasteiger partial charge is 0.233 e. The molecule has 0 radical (unpaired) electrons. The Morgan fingerprint density at radius 2 is 2.31 bits per heavy atom. The largest absolute Gasteiger partial charge is 0.266 e. The molecule has 0 aromatic carbocycles. The molecule has 0 aliphatic carbocycles. The molecule has 13 heavy (non-hydrogen) atoms. The van der Waals surface area contributed by atoms with Crippen LogP contribution in [0.2, 0.25) is 5.02 Å². The molecular formula is C6H8ClN3O2S. The van der Waals surface area contributed by atoms with Gasteiger partial charge in [0, 0.05) is 6.07 Å². The van der Waals surface area contributed by atoms with Crippen molar-refractivity contribution in [1.29, 1.82) is 0 Å². The molecule has 0 bridgehead atoms. The van der Waals surface area contributed by atoms with E-state index in [-0.39, 0.29) is 11.6 Å². The summed E-state index contributed by atoms with van der Waals surface area (Å²) < 4.78 is 24.3. The molecule has 7 heteroatoms. The van der Waals surface area contributed by atoms with Gasteiger partial charge >= 0.3 is 0 Å². The normalized spacial score (nSPS) is 11.2. The number of anilines is 1. The number of sulfonamides is 1. The van der Waals surface area contributed by atoms with Crippen molar-refractivity contribution in [1.82, 2.24) is 10.2 Å². The second kappa shape index (κ2) is 3.89. The summed E-state index contributed by atoms with van der Waals surface area (Å²) in [5, 5.41) is 7.38. The zero-order chi connectivity index (χ0) is 9.90. The second-order valence-corrected chi connectivity index (χ2v) is 4.71. The van der Waals surface area contributed by atoms with Crippen LogP contribution in [0.4, 0.5) is 5.82 Å². The Bertz CT molecular complexity index is 393. The highest BCUT2D eigenvalue weighted by molar-refractivity contribution is 7.92. The molecule has 0 saturated heterocycles. The van der Waals surface area contributed by atoms with E-state index in [2.05, 4.69) is 14.9 Å². The predicted octanol–water partition coefficient (Wildman–Crippen LogP) is 0.892. The van der Waals surface area contributed by atoms with Gasteiger partial charge in [0.1, 0.15) is 0 Å². The van der Waals surface area contributed by atoms with E-state index >= 15 is 0 Å². The Labute approximate surface area is 81.2 Å². The average Bonchev–Trinajstić information content (AvgIpc) is 2.03. The van der Waals surface area contributed by atoms with Crippen LogP contribution < -0.4 is 4.72 Å². The third kappa shape index (κ3) is 3.16. The maximum atomic E-state index is 11.1. The highest BCUT2D eigenvalue weighted by Gasteiger charge is 2.07. The zero-order valence-corrected chi connectivity index (χ0v) is 8.43. The van der Waals surface area contributed by atoms with Crippen molar-refractivity contribution < 1.29 is 8.42 Å². The van der Waals surface area contributed by atoms with Crippen LogP contribution in [0.25, 0.3) is 0 Å². The lowest BCUT2D eigenvalue weighted by atomic mass is 10.5. The Hall–Kier alpha value is -0.880. The van der Waals surface area contributed by atoms with Gasteiger partial charge in [-0.3, -0.25) is 4.72 Å². The summed E-state index contributed by atoms with van der Waals surface area (Å²) >= 11 is 5.58. The van der Waals surface area contributed by atoms with Gasteiger partial charge in [-0.05, 0) is 6.92 Å². The number of nitrogens with zero attached hydrogens (tertiary/aromatic N) is 2. The zero-order valence-electron chi connectivity index (χ0n) is 6.86. The molecule has 0 unspecified atom stereocenters. The van der Waals surface area contributed by atoms with Gasteiger partial charge in [-0.15, -0.1) is 5.10 Å². The molecule has 72 valence electrons. The summed E-state index contributed by atoms with van der Waals surface area (Å²) in [4.78, 5) is 0. The quantitative estimate of drug-likeness (QED) is 0.823. The highest BCUT2D eigenvalue weighted by Crippen LogP contribution is 2.11. The topological polar surface area (TPSA) is 72.0 Å². The van der Waals surface area contributed by atoms with Crippen molar-refractivity contribution in [3.05, 3.63) is 17.3 Å². The maximum Gasteiger partial charge on any atom is 0.233 e. The Morgan fingerprint density at radius 1 is 1.62 bits per heavy atom. The van der Waals surface area contributed by atoms with Gasteiger partial charge in [-0.25, -0.2) is 8.42 Å². The van der Waals surface area contributed by atoms with Gasteiger partial charge in [-0.1, -0.05) is 11.6 Å². The minimum absolute atomic E-state index is 0.0127. The van der Waals surface area contributed by atoms with E-state index in [0.29, 0.717) is 5.02 Å². The molecule has 1 heterocycles. The first-order valence-electron chi connectivity index (χ1n) is 3.52. The molecule has 0 aliphatic heterocycles. The summed E-state index contributed by atoms with van der Waals surface area (Å²) in [6.07, 6.45) is 1.32. The van der Waals surface area contributed by atoms with Gasteiger partial charge in [-0.2, -0.15) is 5.10 Å². The number of rotatable bonds is 3. The molecule has 1 aromatic rings. The van der Waals surface area contributed by atoms with Crippen LogP contribution in [0.3, 0.4) is 0 Å². The van der Waals surface area contributed by atoms with E-state index in [4.69, 9.17) is 11.6 Å². The maximum absolute atomic E-state index is 11.1. The van der Waals surface area contributed by atoms with E-state index in [0.717, 1.165) is 0 Å². The monoisotopic (exact) mass is 221 g/mol. The molecule has 5 nitrogen and oxygen atoms in total. The Balaban J connectivity index is 2.87. The molecule has 0 saturated carbocycles. The van der Waals surface area contributed by atoms with Crippen LogP contribution in [-0.4, -0.2) is 24.4 Å². The minimum atomic E-state index is -3.30. The fourth-order valence-corrected chi connectivity index (χ4v) is 1.33. The Kier molecular flexibility index (Phi) is 3.05. The summed E-state index contributed by atoms with van der Waals surface area (Å²) in [7, 11) is -3.30. The fraction of sp³-hybridized carbons (Fsp3) is 0.333. The fourth-order valence-electron chi connectivity index (χ4n) is 0.624. The first-order valence-corrected chi connectivity index (χ1v) is 5.55. The minimum Gasteiger partial charge on any atom is -0.266 e. The number of nitrogens with one attached hydrogen (secondary N) is 1. The van der Waals surface area contributed by atoms with Crippen molar-refractivity contribution >= 4 is 27.4 Å². The predicted molar refractivity (Wildman–Crippen MR) is 50.1 cm³/mol. The van der Waals surface area contributed by atoms with Crippen LogP contribution in [0.5, 0.6) is 0 Å². The summed E-state index contributed by atoms with van der Waals surface area (Å²) in [5.41, 5.74) is 0. The van der Waals surface area contributed by atoms with Crippen LogP contribution in [0, 0.1) is 0 Å². The number of hydrogen-bond acceptors (Lipinski definition) is 4. The molecule has 0 aliphatic rings. The van der Waals surface area contributed by atoms with Gasteiger partial charge in [0.05, 0.1) is 17.0 Å². The average molecular weight is 222 g/mol. The molecule has 0 atom stereocenters. The summed E-state index contributed by atoms with van der Waals surface area (Å²) in [6, 6.07) is 1.39. The van der Waals surface area contributed by atoms with Gasteiger partial charge in [0.15, 0.2) is 5.82 Å². The molecule has 1 aromatic heterocycles. The number of hydrogen-bond donors (Lipinski definition) is 1. The third-order valence-corrected chi connectivity index (χ3v) is 2.75. The standard InChI is InChI=1S/C6H8ClN3O2S/c1-2-13(11,12)10-6-3-5(7)4-8-9-6/h3-4H,2H2,1H3,(H,9,10). The van der Waals surface area contributed by atoms with Crippen LogP contribution >= 0.6 is 11.6 Å². The van der Waals surface area contributed by atoms with Crippen molar-refractivity contribution in [3.8, 4) is 0 Å². The van der Waals surface area contributed by atoms with Gasteiger partial charge < -0.3 is 0 Å². The van der Waals surface area contributed by atoms with Crippen LogP contribution in [0.1, 0.15) is 6.92 Å². The number of aromatic nitrogens is 2. The lowest BCUT2D eigenvalue weighted by molar-refractivity contribution is 0.602. The molecule has 1 N–H and O–H groups in total. The lowest BCUT2D eigenvalue weighted by Gasteiger charge is -2.03. The van der Waals surface area contributed by atoms with E-state index in [1.807, 2.05) is 0 Å². The van der Waals surface area contributed by atoms with Crippen LogP contribution in [0.15, 0.2) is 12.3 Å². The van der Waals surface area contributed by atoms with Gasteiger partial charge in [0.2, 0.25) is 10.0 Å². The third-order valence-electron chi connectivity index (χ3n) is 1.26. The Morgan fingerprint density at radius 3 is 2.85 bits per heavy atom. The summed E-state index contributed by atoms with van der Waals surface area (Å²) in [5.74, 6) is 0.121. The van der Waals surface area contributed by atoms with Crippen LogP contribution in [-0.2, 0) is 10.0 Å². The van der Waals surface area contributed by atoms with E-state index in [1.54, 1.807) is 0 Å². The van der Waals surface area contributed by atoms with Crippen molar-refractivity contribution in [3.63, 3.8) is 0 Å². The van der Waals surface area contributed by atoms with Crippen molar-refractivity contribution in [2.24, 2.45) is 0 Å². The molecule has 0 spiro atoms. The molecule has 1 rings (SSSR count). The first-order chi connectivity index (χ1) is 6.03.